The lowest BCUT2D eigenvalue weighted by Crippen LogP contribution is -2.44. The van der Waals surface area contributed by atoms with Crippen molar-refractivity contribution >= 4 is 11.8 Å². The van der Waals surface area contributed by atoms with Gasteiger partial charge in [0, 0.05) is 31.6 Å². The number of hydrogen-bond donors (Lipinski definition) is 0. The highest BCUT2D eigenvalue weighted by Crippen LogP contribution is 2.53. The van der Waals surface area contributed by atoms with Crippen LogP contribution in [0.3, 0.4) is 0 Å². The van der Waals surface area contributed by atoms with E-state index in [2.05, 4.69) is 6.92 Å². The Morgan fingerprint density at radius 1 is 1.13 bits per heavy atom. The first-order chi connectivity index (χ1) is 14.0. The molecule has 0 radical (unpaired) electrons. The summed E-state index contributed by atoms with van der Waals surface area (Å²) in [6, 6.07) is 2.43. The van der Waals surface area contributed by atoms with Crippen LogP contribution in [0.25, 0.3) is 0 Å². The number of halogens is 4. The summed E-state index contributed by atoms with van der Waals surface area (Å²) in [5.41, 5.74) is -1.58. The van der Waals surface area contributed by atoms with Crippen LogP contribution >= 0.6 is 0 Å². The number of carbonyl (C=O) groups is 2. The maximum atomic E-state index is 13.3. The van der Waals surface area contributed by atoms with E-state index in [1.807, 2.05) is 11.8 Å². The van der Waals surface area contributed by atoms with E-state index in [1.165, 1.54) is 0 Å². The van der Waals surface area contributed by atoms with Crippen molar-refractivity contribution in [3.63, 3.8) is 0 Å². The molecule has 4 nitrogen and oxygen atoms in total. The second-order valence-electron chi connectivity index (χ2n) is 9.36. The first-order valence-electron chi connectivity index (χ1n) is 10.4. The normalized spacial score (nSPS) is 30.9. The van der Waals surface area contributed by atoms with Gasteiger partial charge in [0.25, 0.3) is 0 Å². The third kappa shape index (κ3) is 3.81. The zero-order valence-electron chi connectivity index (χ0n) is 17.1. The molecule has 4 atom stereocenters. The number of amides is 2. The van der Waals surface area contributed by atoms with Gasteiger partial charge in [0.05, 0.1) is 12.0 Å². The van der Waals surface area contributed by atoms with E-state index >= 15 is 0 Å². The number of piperidine rings is 1. The van der Waals surface area contributed by atoms with Gasteiger partial charge in [0.1, 0.15) is 5.82 Å². The van der Waals surface area contributed by atoms with Crippen molar-refractivity contribution in [1.82, 2.24) is 9.80 Å². The number of alkyl halides is 3. The standard InChI is InChI=1S/C22H26F4N2O2/c1-13-9-21(13,2)20(30)28-10-15-5-6-27(11-16(15)12-28)19(29)7-14-3-4-17(23)8-18(14)22(24,25)26/h3-4,8,13,15-16H,5-7,9-12H2,1-2H3. The second kappa shape index (κ2) is 7.24. The Bertz CT molecular complexity index is 871. The maximum absolute atomic E-state index is 13.3. The summed E-state index contributed by atoms with van der Waals surface area (Å²) in [6.07, 6.45) is -3.48. The van der Waals surface area contributed by atoms with Crippen molar-refractivity contribution < 1.29 is 27.2 Å². The average Bonchev–Trinajstić information content (AvgIpc) is 3.11. The molecule has 4 rings (SSSR count). The number of nitrogens with zero attached hydrogens (tertiary/aromatic N) is 2. The molecule has 1 saturated carbocycles. The fourth-order valence-corrected chi connectivity index (χ4v) is 5.04. The molecule has 30 heavy (non-hydrogen) atoms. The van der Waals surface area contributed by atoms with Crippen molar-refractivity contribution in [2.75, 3.05) is 26.2 Å². The summed E-state index contributed by atoms with van der Waals surface area (Å²) in [7, 11) is 0. The van der Waals surface area contributed by atoms with Crippen molar-refractivity contribution in [2.45, 2.75) is 39.3 Å². The molecule has 1 aliphatic carbocycles. The topological polar surface area (TPSA) is 40.6 Å². The van der Waals surface area contributed by atoms with E-state index in [0.29, 0.717) is 44.1 Å². The summed E-state index contributed by atoms with van der Waals surface area (Å²) in [5, 5.41) is 0. The van der Waals surface area contributed by atoms with Crippen LogP contribution in [-0.4, -0.2) is 47.8 Å². The van der Waals surface area contributed by atoms with Crippen molar-refractivity contribution in [1.29, 1.82) is 0 Å². The maximum Gasteiger partial charge on any atom is 0.416 e. The lowest BCUT2D eigenvalue weighted by molar-refractivity contribution is -0.139. The van der Waals surface area contributed by atoms with Crippen LogP contribution in [0.2, 0.25) is 0 Å². The van der Waals surface area contributed by atoms with Gasteiger partial charge in [0.2, 0.25) is 11.8 Å². The monoisotopic (exact) mass is 426 g/mol. The molecule has 4 unspecified atom stereocenters. The van der Waals surface area contributed by atoms with E-state index in [1.54, 1.807) is 4.90 Å². The lowest BCUT2D eigenvalue weighted by Gasteiger charge is -2.34. The zero-order valence-corrected chi connectivity index (χ0v) is 17.1. The van der Waals surface area contributed by atoms with Crippen LogP contribution in [0.4, 0.5) is 17.6 Å². The summed E-state index contributed by atoms with van der Waals surface area (Å²) >= 11 is 0. The minimum absolute atomic E-state index is 0.152. The average molecular weight is 426 g/mol. The van der Waals surface area contributed by atoms with Gasteiger partial charge in [0.15, 0.2) is 0 Å². The Kier molecular flexibility index (Phi) is 5.10. The molecule has 3 fully saturated rings. The smallest absolute Gasteiger partial charge is 0.342 e. The second-order valence-corrected chi connectivity index (χ2v) is 9.36. The number of hydrogen-bond acceptors (Lipinski definition) is 2. The Hall–Kier alpha value is -2.12. The molecule has 2 aliphatic heterocycles. The van der Waals surface area contributed by atoms with Crippen LogP contribution in [0, 0.1) is 29.0 Å². The highest BCUT2D eigenvalue weighted by molar-refractivity contribution is 5.86. The van der Waals surface area contributed by atoms with Crippen LogP contribution in [0.15, 0.2) is 18.2 Å². The number of likely N-dealkylation sites (tertiary alicyclic amines) is 2. The Balaban J connectivity index is 1.40. The molecule has 0 bridgehead atoms. The minimum atomic E-state index is -4.72. The Morgan fingerprint density at radius 3 is 2.40 bits per heavy atom. The quantitative estimate of drug-likeness (QED) is 0.691. The molecular formula is C22H26F4N2O2. The molecule has 0 aromatic heterocycles. The molecule has 3 aliphatic rings. The first kappa shape index (κ1) is 21.1. The molecule has 164 valence electrons. The van der Waals surface area contributed by atoms with Crippen LogP contribution in [0.5, 0.6) is 0 Å². The van der Waals surface area contributed by atoms with Gasteiger partial charge in [-0.15, -0.1) is 0 Å². The third-order valence-corrected chi connectivity index (χ3v) is 7.31. The molecular weight excluding hydrogens is 400 g/mol. The van der Waals surface area contributed by atoms with Gasteiger partial charge in [-0.25, -0.2) is 4.39 Å². The van der Waals surface area contributed by atoms with Gasteiger partial charge < -0.3 is 9.80 Å². The van der Waals surface area contributed by atoms with Gasteiger partial charge >= 0.3 is 6.18 Å². The molecule has 0 N–H and O–H groups in total. The Morgan fingerprint density at radius 2 is 1.77 bits per heavy atom. The molecule has 1 aromatic rings. The molecule has 2 heterocycles. The van der Waals surface area contributed by atoms with E-state index in [-0.39, 0.29) is 22.8 Å². The first-order valence-corrected chi connectivity index (χ1v) is 10.4. The summed E-state index contributed by atoms with van der Waals surface area (Å²) in [5.74, 6) is -0.314. The van der Waals surface area contributed by atoms with E-state index < -0.39 is 29.9 Å². The third-order valence-electron chi connectivity index (χ3n) is 7.31. The molecule has 2 saturated heterocycles. The van der Waals surface area contributed by atoms with E-state index in [4.69, 9.17) is 0 Å². The lowest BCUT2D eigenvalue weighted by atomic mass is 9.88. The fraction of sp³-hybridized carbons (Fsp3) is 0.636. The van der Waals surface area contributed by atoms with Gasteiger partial charge in [-0.2, -0.15) is 13.2 Å². The van der Waals surface area contributed by atoms with Crippen LogP contribution < -0.4 is 0 Å². The van der Waals surface area contributed by atoms with Crippen LogP contribution in [0.1, 0.15) is 37.8 Å². The van der Waals surface area contributed by atoms with Crippen molar-refractivity contribution in [2.24, 2.45) is 23.2 Å². The SMILES string of the molecule is CC1CC1(C)C(=O)N1CC2CCN(C(=O)Cc3ccc(F)cc3C(F)(F)F)CC2C1. The number of carbonyl (C=O) groups excluding carboxylic acids is 2. The summed E-state index contributed by atoms with van der Waals surface area (Å²) in [6.45, 7) is 6.29. The molecule has 8 heteroatoms. The summed E-state index contributed by atoms with van der Waals surface area (Å²) in [4.78, 5) is 29.0. The molecule has 1 aromatic carbocycles. The number of fused-ring (bicyclic) bond motifs is 1. The largest absolute Gasteiger partial charge is 0.416 e. The number of rotatable bonds is 3. The fourth-order valence-electron chi connectivity index (χ4n) is 5.04. The molecule has 2 amide bonds. The van der Waals surface area contributed by atoms with Crippen LogP contribution in [-0.2, 0) is 22.2 Å². The van der Waals surface area contributed by atoms with Crippen molar-refractivity contribution in [3.05, 3.63) is 35.1 Å². The predicted molar refractivity (Wildman–Crippen MR) is 102 cm³/mol. The van der Waals surface area contributed by atoms with E-state index in [9.17, 15) is 27.2 Å². The Labute approximate surface area is 173 Å². The summed E-state index contributed by atoms with van der Waals surface area (Å²) < 4.78 is 53.0. The minimum Gasteiger partial charge on any atom is -0.342 e. The zero-order chi connectivity index (χ0) is 21.8. The highest BCUT2D eigenvalue weighted by atomic mass is 19.4. The van der Waals surface area contributed by atoms with Crippen molar-refractivity contribution in [3.8, 4) is 0 Å². The van der Waals surface area contributed by atoms with Gasteiger partial charge in [-0.05, 0) is 48.3 Å². The van der Waals surface area contributed by atoms with E-state index in [0.717, 1.165) is 25.0 Å². The van der Waals surface area contributed by atoms with Gasteiger partial charge in [-0.3, -0.25) is 9.59 Å². The predicted octanol–water partition coefficient (Wildman–Crippen LogP) is 3.74. The van der Waals surface area contributed by atoms with Gasteiger partial charge in [-0.1, -0.05) is 19.9 Å². The highest BCUT2D eigenvalue weighted by Gasteiger charge is 2.56. The molecule has 0 spiro atoms. The number of benzene rings is 1.